The molecule has 0 aliphatic carbocycles. The largest absolute Gasteiger partial charge is 0.497 e. The van der Waals surface area contributed by atoms with Gasteiger partial charge in [-0.15, -0.1) is 0 Å². The molecule has 0 N–H and O–H groups in total. The average molecular weight is 443 g/mol. The van der Waals surface area contributed by atoms with Gasteiger partial charge in [-0.25, -0.2) is 0 Å². The van der Waals surface area contributed by atoms with Crippen molar-refractivity contribution in [3.63, 3.8) is 0 Å². The van der Waals surface area contributed by atoms with Crippen LogP contribution in [0.3, 0.4) is 0 Å². The first-order valence-corrected chi connectivity index (χ1v) is 10.1. The molecular formula is C24H29NO7. The van der Waals surface area contributed by atoms with E-state index < -0.39 is 5.97 Å². The maximum Gasteiger partial charge on any atom is 0.325 e. The molecule has 0 bridgehead atoms. The molecule has 0 fully saturated rings. The molecule has 8 nitrogen and oxygen atoms in total. The third-order valence-electron chi connectivity index (χ3n) is 4.89. The Morgan fingerprint density at radius 2 is 1.38 bits per heavy atom. The summed E-state index contributed by atoms with van der Waals surface area (Å²) >= 11 is 0. The standard InChI is InChI=1S/C24H29NO7/c1-29-19-10-8-18(9-11-19)22(26)6-5-7-23(27)25(16-24(28)32-4)15-17-12-20(30-2)14-21(13-17)31-3/h8-14H,5-7,15-16H2,1-4H3. The van der Waals surface area contributed by atoms with Gasteiger partial charge in [-0.05, 0) is 48.4 Å². The lowest BCUT2D eigenvalue weighted by Gasteiger charge is -2.22. The topological polar surface area (TPSA) is 91.4 Å². The number of amides is 1. The van der Waals surface area contributed by atoms with Gasteiger partial charge >= 0.3 is 5.97 Å². The van der Waals surface area contributed by atoms with Crippen molar-refractivity contribution < 1.29 is 33.3 Å². The first kappa shape index (κ1) is 24.7. The molecular weight excluding hydrogens is 414 g/mol. The molecule has 0 unspecified atom stereocenters. The summed E-state index contributed by atoms with van der Waals surface area (Å²) in [5.41, 5.74) is 1.31. The first-order valence-electron chi connectivity index (χ1n) is 10.1. The number of carbonyl (C=O) groups is 3. The minimum Gasteiger partial charge on any atom is -0.497 e. The monoisotopic (exact) mass is 443 g/mol. The van der Waals surface area contributed by atoms with Crippen LogP contribution in [-0.4, -0.2) is 57.5 Å². The number of Topliss-reactive ketones (excluding diaryl/α,β-unsaturated/α-hetero) is 1. The Morgan fingerprint density at radius 3 is 1.91 bits per heavy atom. The highest BCUT2D eigenvalue weighted by molar-refractivity contribution is 5.96. The van der Waals surface area contributed by atoms with Crippen LogP contribution in [0.15, 0.2) is 42.5 Å². The summed E-state index contributed by atoms with van der Waals surface area (Å²) in [5.74, 6) is 0.994. The van der Waals surface area contributed by atoms with E-state index in [-0.39, 0.29) is 37.6 Å². The van der Waals surface area contributed by atoms with Crippen molar-refractivity contribution in [3.05, 3.63) is 53.6 Å². The number of benzene rings is 2. The van der Waals surface area contributed by atoms with Crippen molar-refractivity contribution in [2.45, 2.75) is 25.8 Å². The third-order valence-corrected chi connectivity index (χ3v) is 4.89. The predicted molar refractivity (Wildman–Crippen MR) is 118 cm³/mol. The Hall–Kier alpha value is -3.55. The molecule has 0 spiro atoms. The van der Waals surface area contributed by atoms with Crippen molar-refractivity contribution in [2.75, 3.05) is 35.0 Å². The highest BCUT2D eigenvalue weighted by Crippen LogP contribution is 2.24. The molecule has 0 aromatic heterocycles. The lowest BCUT2D eigenvalue weighted by molar-refractivity contribution is -0.147. The van der Waals surface area contributed by atoms with Crippen LogP contribution in [0.25, 0.3) is 0 Å². The van der Waals surface area contributed by atoms with Crippen molar-refractivity contribution in [2.24, 2.45) is 0 Å². The summed E-state index contributed by atoms with van der Waals surface area (Å²) in [6, 6.07) is 12.1. The normalized spacial score (nSPS) is 10.2. The molecule has 32 heavy (non-hydrogen) atoms. The van der Waals surface area contributed by atoms with E-state index in [4.69, 9.17) is 18.9 Å². The number of nitrogens with zero attached hydrogens (tertiary/aromatic N) is 1. The van der Waals surface area contributed by atoms with Gasteiger partial charge in [0.25, 0.3) is 0 Å². The number of ketones is 1. The second-order valence-corrected chi connectivity index (χ2v) is 7.05. The lowest BCUT2D eigenvalue weighted by Crippen LogP contribution is -2.35. The zero-order valence-corrected chi connectivity index (χ0v) is 18.9. The highest BCUT2D eigenvalue weighted by Gasteiger charge is 2.19. The molecule has 2 aromatic carbocycles. The van der Waals surface area contributed by atoms with Crippen LogP contribution in [0.2, 0.25) is 0 Å². The molecule has 172 valence electrons. The minimum absolute atomic E-state index is 0.0579. The number of rotatable bonds is 12. The number of hydrogen-bond donors (Lipinski definition) is 0. The third kappa shape index (κ3) is 7.30. The van der Waals surface area contributed by atoms with Crippen LogP contribution in [0.5, 0.6) is 17.2 Å². The van der Waals surface area contributed by atoms with Gasteiger partial charge in [-0.1, -0.05) is 0 Å². The maximum atomic E-state index is 12.8. The molecule has 2 aromatic rings. The fraction of sp³-hybridized carbons (Fsp3) is 0.375. The van der Waals surface area contributed by atoms with Crippen LogP contribution in [0.1, 0.15) is 35.2 Å². The van der Waals surface area contributed by atoms with Gasteiger partial charge in [0, 0.05) is 31.0 Å². The number of esters is 1. The fourth-order valence-electron chi connectivity index (χ4n) is 3.11. The van der Waals surface area contributed by atoms with E-state index in [1.165, 1.54) is 26.2 Å². The van der Waals surface area contributed by atoms with Crippen LogP contribution in [0, 0.1) is 0 Å². The average Bonchev–Trinajstić information content (AvgIpc) is 2.82. The zero-order chi connectivity index (χ0) is 23.5. The second kappa shape index (κ2) is 12.3. The molecule has 0 saturated heterocycles. The molecule has 0 radical (unpaired) electrons. The Bertz CT molecular complexity index is 902. The summed E-state index contributed by atoms with van der Waals surface area (Å²) in [6.45, 7) is -0.0186. The summed E-state index contributed by atoms with van der Waals surface area (Å²) in [6.07, 6.45) is 0.708. The Labute approximate surface area is 188 Å². The van der Waals surface area contributed by atoms with Crippen LogP contribution in [-0.2, 0) is 20.9 Å². The van der Waals surface area contributed by atoms with Gasteiger partial charge in [-0.3, -0.25) is 14.4 Å². The van der Waals surface area contributed by atoms with E-state index >= 15 is 0 Å². The van der Waals surface area contributed by atoms with Gasteiger partial charge in [0.15, 0.2) is 5.78 Å². The molecule has 0 atom stereocenters. The SMILES string of the molecule is COC(=O)CN(Cc1cc(OC)cc(OC)c1)C(=O)CCCC(=O)c1ccc(OC)cc1. The van der Waals surface area contributed by atoms with Crippen molar-refractivity contribution in [1.82, 2.24) is 4.90 Å². The predicted octanol–water partition coefficient (Wildman–Crippen LogP) is 3.27. The van der Waals surface area contributed by atoms with Gasteiger partial charge in [-0.2, -0.15) is 0 Å². The summed E-state index contributed by atoms with van der Waals surface area (Å²) in [4.78, 5) is 38.5. The number of ether oxygens (including phenoxy) is 4. The molecule has 2 rings (SSSR count). The summed E-state index contributed by atoms with van der Waals surface area (Å²) in [5, 5.41) is 0. The van der Waals surface area contributed by atoms with Gasteiger partial charge in [0.1, 0.15) is 23.8 Å². The Balaban J connectivity index is 2.02. The zero-order valence-electron chi connectivity index (χ0n) is 18.9. The van der Waals surface area contributed by atoms with Crippen LogP contribution in [0.4, 0.5) is 0 Å². The summed E-state index contributed by atoms with van der Waals surface area (Å²) in [7, 11) is 5.91. The fourth-order valence-corrected chi connectivity index (χ4v) is 3.11. The van der Waals surface area contributed by atoms with Crippen LogP contribution >= 0.6 is 0 Å². The van der Waals surface area contributed by atoms with E-state index in [1.54, 1.807) is 49.6 Å². The van der Waals surface area contributed by atoms with E-state index in [1.807, 2.05) is 0 Å². The van der Waals surface area contributed by atoms with Crippen molar-refractivity contribution in [1.29, 1.82) is 0 Å². The number of hydrogen-bond acceptors (Lipinski definition) is 7. The minimum atomic E-state index is -0.525. The van der Waals surface area contributed by atoms with Gasteiger partial charge in [0.2, 0.25) is 5.91 Å². The smallest absolute Gasteiger partial charge is 0.325 e. The highest BCUT2D eigenvalue weighted by atomic mass is 16.5. The van der Waals surface area contributed by atoms with E-state index in [9.17, 15) is 14.4 Å². The Morgan fingerprint density at radius 1 is 0.781 bits per heavy atom. The molecule has 0 heterocycles. The quantitative estimate of drug-likeness (QED) is 0.367. The Kier molecular flexibility index (Phi) is 9.53. The summed E-state index contributed by atoms with van der Waals surface area (Å²) < 4.78 is 20.4. The second-order valence-electron chi connectivity index (χ2n) is 7.05. The number of carbonyl (C=O) groups excluding carboxylic acids is 3. The van der Waals surface area contributed by atoms with Crippen LogP contribution < -0.4 is 14.2 Å². The lowest BCUT2D eigenvalue weighted by atomic mass is 10.0. The van der Waals surface area contributed by atoms with Crippen molar-refractivity contribution >= 4 is 17.7 Å². The molecule has 0 aliphatic rings. The van der Waals surface area contributed by atoms with E-state index in [0.29, 0.717) is 29.2 Å². The number of methoxy groups -OCH3 is 4. The van der Waals surface area contributed by atoms with Gasteiger partial charge in [0.05, 0.1) is 28.4 Å². The molecule has 8 heteroatoms. The van der Waals surface area contributed by atoms with E-state index in [2.05, 4.69) is 0 Å². The maximum absolute atomic E-state index is 12.8. The van der Waals surface area contributed by atoms with Gasteiger partial charge < -0.3 is 23.8 Å². The molecule has 0 aliphatic heterocycles. The first-order chi connectivity index (χ1) is 15.4. The molecule has 0 saturated carbocycles. The van der Waals surface area contributed by atoms with Crippen molar-refractivity contribution in [3.8, 4) is 17.2 Å². The van der Waals surface area contributed by atoms with E-state index in [0.717, 1.165) is 5.56 Å². The molecule has 1 amide bonds.